The van der Waals surface area contributed by atoms with Gasteiger partial charge in [0.25, 0.3) is 5.56 Å². The van der Waals surface area contributed by atoms with Crippen LogP contribution in [0.25, 0.3) is 0 Å². The molecule has 27 heavy (non-hydrogen) atoms. The highest BCUT2D eigenvalue weighted by atomic mass is 79.9. The summed E-state index contributed by atoms with van der Waals surface area (Å²) in [7, 11) is 0. The van der Waals surface area contributed by atoms with E-state index in [1.165, 1.54) is 0 Å². The Balaban J connectivity index is 2.29. The minimum Gasteiger partial charge on any atom is -0.440 e. The summed E-state index contributed by atoms with van der Waals surface area (Å²) in [6.45, 7) is 2.05. The van der Waals surface area contributed by atoms with Gasteiger partial charge in [-0.25, -0.2) is 0 Å². The molecule has 1 unspecified atom stereocenters. The second kappa shape index (κ2) is 7.99. The van der Waals surface area contributed by atoms with Crippen molar-refractivity contribution in [3.8, 4) is 11.8 Å². The van der Waals surface area contributed by atoms with Crippen LogP contribution in [0.5, 0.6) is 5.75 Å². The molecule has 2 aromatic rings. The molecule has 0 fully saturated rings. The standard InChI is InChI=1S/C20H20BrN3O3/c1-2-3-14-10-16-18(20(26)24(14)8-9-25)17(15(11-22)19(23)27-16)12-4-6-13(21)7-5-12/h4-7,10,17,25H,2-3,8-9,23H2,1H3. The number of rotatable bonds is 5. The predicted octanol–water partition coefficient (Wildman–Crippen LogP) is 2.77. The van der Waals surface area contributed by atoms with Crippen molar-refractivity contribution in [1.29, 1.82) is 5.26 Å². The zero-order valence-corrected chi connectivity index (χ0v) is 16.5. The van der Waals surface area contributed by atoms with Gasteiger partial charge in [-0.05, 0) is 24.1 Å². The third kappa shape index (κ3) is 3.51. The van der Waals surface area contributed by atoms with Crippen LogP contribution in [0.15, 0.2) is 51.1 Å². The number of aliphatic hydroxyl groups is 1. The number of hydrogen-bond donors (Lipinski definition) is 2. The number of benzene rings is 1. The number of aromatic nitrogens is 1. The van der Waals surface area contributed by atoms with E-state index in [9.17, 15) is 15.2 Å². The van der Waals surface area contributed by atoms with Crippen LogP contribution in [-0.2, 0) is 13.0 Å². The molecule has 1 aromatic carbocycles. The lowest BCUT2D eigenvalue weighted by atomic mass is 9.84. The van der Waals surface area contributed by atoms with Gasteiger partial charge in [0.05, 0.1) is 18.1 Å². The Morgan fingerprint density at radius 3 is 2.67 bits per heavy atom. The summed E-state index contributed by atoms with van der Waals surface area (Å²) in [6.07, 6.45) is 1.51. The summed E-state index contributed by atoms with van der Waals surface area (Å²) in [6, 6.07) is 11.3. The van der Waals surface area contributed by atoms with E-state index in [-0.39, 0.29) is 30.2 Å². The van der Waals surface area contributed by atoms with Gasteiger partial charge in [0.2, 0.25) is 5.88 Å². The lowest BCUT2D eigenvalue weighted by molar-refractivity contribution is 0.271. The number of allylic oxidation sites excluding steroid dienone is 1. The Morgan fingerprint density at radius 2 is 2.07 bits per heavy atom. The first kappa shape index (κ1) is 19.2. The minimum atomic E-state index is -0.611. The van der Waals surface area contributed by atoms with Gasteiger partial charge in [0, 0.05) is 22.8 Å². The van der Waals surface area contributed by atoms with Crippen molar-refractivity contribution in [1.82, 2.24) is 4.57 Å². The molecule has 1 atom stereocenters. The lowest BCUT2D eigenvalue weighted by Crippen LogP contribution is -2.34. The SMILES string of the molecule is CCCc1cc2c(c(=O)n1CCO)C(c1ccc(Br)cc1)C(C#N)=C(N)O2. The first-order valence-corrected chi connectivity index (χ1v) is 9.51. The Morgan fingerprint density at radius 1 is 1.37 bits per heavy atom. The highest BCUT2D eigenvalue weighted by Gasteiger charge is 2.34. The van der Waals surface area contributed by atoms with Crippen LogP contribution in [-0.4, -0.2) is 16.3 Å². The molecule has 0 bridgehead atoms. The molecule has 2 heterocycles. The minimum absolute atomic E-state index is 0.0136. The maximum atomic E-state index is 13.3. The molecule has 1 aromatic heterocycles. The van der Waals surface area contributed by atoms with E-state index >= 15 is 0 Å². The summed E-state index contributed by atoms with van der Waals surface area (Å²) >= 11 is 3.40. The van der Waals surface area contributed by atoms with Gasteiger partial charge in [0.15, 0.2) is 0 Å². The lowest BCUT2D eigenvalue weighted by Gasteiger charge is -2.27. The molecule has 0 saturated heterocycles. The Hall–Kier alpha value is -2.56. The largest absolute Gasteiger partial charge is 0.440 e. The Labute approximate surface area is 165 Å². The highest BCUT2D eigenvalue weighted by Crippen LogP contribution is 2.40. The van der Waals surface area contributed by atoms with E-state index < -0.39 is 5.92 Å². The molecule has 0 saturated carbocycles. The van der Waals surface area contributed by atoms with Gasteiger partial charge >= 0.3 is 0 Å². The van der Waals surface area contributed by atoms with E-state index in [1.54, 1.807) is 10.6 Å². The normalized spacial score (nSPS) is 15.9. The number of nitriles is 1. The average molecular weight is 430 g/mol. The molecule has 140 valence electrons. The first-order valence-electron chi connectivity index (χ1n) is 8.72. The third-order valence-corrected chi connectivity index (χ3v) is 5.13. The van der Waals surface area contributed by atoms with Crippen LogP contribution in [0.4, 0.5) is 0 Å². The quantitative estimate of drug-likeness (QED) is 0.760. The molecule has 0 spiro atoms. The van der Waals surface area contributed by atoms with Gasteiger partial charge in [0.1, 0.15) is 17.4 Å². The molecule has 6 nitrogen and oxygen atoms in total. The number of nitrogens with two attached hydrogens (primary N) is 1. The van der Waals surface area contributed by atoms with Crippen LogP contribution < -0.4 is 16.0 Å². The summed E-state index contributed by atoms with van der Waals surface area (Å²) in [5.74, 6) is -0.221. The maximum Gasteiger partial charge on any atom is 0.258 e. The summed E-state index contributed by atoms with van der Waals surface area (Å²) < 4.78 is 8.12. The molecule has 1 aliphatic rings. The van der Waals surface area contributed by atoms with Crippen LogP contribution in [0.3, 0.4) is 0 Å². The predicted molar refractivity (Wildman–Crippen MR) is 105 cm³/mol. The van der Waals surface area contributed by atoms with Crippen molar-refractivity contribution < 1.29 is 9.84 Å². The van der Waals surface area contributed by atoms with Crippen LogP contribution in [0.1, 0.15) is 36.1 Å². The van der Waals surface area contributed by atoms with Crippen molar-refractivity contribution in [3.05, 3.63) is 73.4 Å². The molecular formula is C20H20BrN3O3. The molecule has 0 amide bonds. The fourth-order valence-electron chi connectivity index (χ4n) is 3.42. The van der Waals surface area contributed by atoms with E-state index in [0.717, 1.165) is 22.2 Å². The van der Waals surface area contributed by atoms with Crippen molar-refractivity contribution >= 4 is 15.9 Å². The molecule has 3 N–H and O–H groups in total. The zero-order valence-electron chi connectivity index (χ0n) is 14.9. The number of pyridine rings is 1. The van der Waals surface area contributed by atoms with Gasteiger partial charge in [-0.1, -0.05) is 41.4 Å². The van der Waals surface area contributed by atoms with Crippen molar-refractivity contribution in [3.63, 3.8) is 0 Å². The molecule has 3 rings (SSSR count). The van der Waals surface area contributed by atoms with Gasteiger partial charge in [-0.2, -0.15) is 5.26 Å². The monoisotopic (exact) mass is 429 g/mol. The number of fused-ring (bicyclic) bond motifs is 1. The van der Waals surface area contributed by atoms with Crippen LogP contribution in [0, 0.1) is 11.3 Å². The van der Waals surface area contributed by atoms with Crippen molar-refractivity contribution in [2.45, 2.75) is 32.2 Å². The first-order chi connectivity index (χ1) is 13.0. The molecule has 0 aliphatic carbocycles. The van der Waals surface area contributed by atoms with Crippen LogP contribution in [0.2, 0.25) is 0 Å². The van der Waals surface area contributed by atoms with Gasteiger partial charge in [-0.3, -0.25) is 4.79 Å². The molecule has 0 radical (unpaired) electrons. The van der Waals surface area contributed by atoms with E-state index in [1.807, 2.05) is 31.2 Å². The number of nitrogens with zero attached hydrogens (tertiary/aromatic N) is 2. The third-order valence-electron chi connectivity index (χ3n) is 4.60. The van der Waals surface area contributed by atoms with Crippen molar-refractivity contribution in [2.24, 2.45) is 5.73 Å². The number of hydrogen-bond acceptors (Lipinski definition) is 5. The zero-order chi connectivity index (χ0) is 19.6. The Kier molecular flexibility index (Phi) is 5.68. The second-order valence-electron chi connectivity index (χ2n) is 6.32. The number of aliphatic hydroxyl groups excluding tert-OH is 1. The highest BCUT2D eigenvalue weighted by molar-refractivity contribution is 9.10. The van der Waals surface area contributed by atoms with E-state index in [0.29, 0.717) is 17.7 Å². The topological polar surface area (TPSA) is 101 Å². The van der Waals surface area contributed by atoms with Gasteiger partial charge < -0.3 is 20.1 Å². The second-order valence-corrected chi connectivity index (χ2v) is 7.24. The maximum absolute atomic E-state index is 13.3. The summed E-state index contributed by atoms with van der Waals surface area (Å²) in [4.78, 5) is 13.3. The number of halogens is 1. The summed E-state index contributed by atoms with van der Waals surface area (Å²) in [5.41, 5.74) is 7.88. The molecular weight excluding hydrogens is 410 g/mol. The average Bonchev–Trinajstić information content (AvgIpc) is 2.65. The van der Waals surface area contributed by atoms with E-state index in [2.05, 4.69) is 22.0 Å². The summed E-state index contributed by atoms with van der Waals surface area (Å²) in [5, 5.41) is 19.1. The fourth-order valence-corrected chi connectivity index (χ4v) is 3.68. The number of ether oxygens (including phenoxy) is 1. The van der Waals surface area contributed by atoms with Crippen molar-refractivity contribution in [2.75, 3.05) is 6.61 Å². The van der Waals surface area contributed by atoms with Gasteiger partial charge in [-0.15, -0.1) is 0 Å². The molecule has 7 heteroatoms. The smallest absolute Gasteiger partial charge is 0.258 e. The Bertz CT molecular complexity index is 987. The van der Waals surface area contributed by atoms with E-state index in [4.69, 9.17) is 10.5 Å². The number of aryl methyl sites for hydroxylation is 1. The fraction of sp³-hybridized carbons (Fsp3) is 0.300. The van der Waals surface area contributed by atoms with Crippen LogP contribution >= 0.6 is 15.9 Å². The molecule has 1 aliphatic heterocycles.